The zero-order chi connectivity index (χ0) is 17.7. The van der Waals surface area contributed by atoms with Crippen molar-refractivity contribution >= 4 is 11.9 Å². The average molecular weight is 333 g/mol. The fourth-order valence-electron chi connectivity index (χ4n) is 2.64. The Bertz CT molecular complexity index is 570. The third-order valence-electron chi connectivity index (χ3n) is 3.95. The largest absolute Gasteiger partial charge is 0.497 e. The van der Waals surface area contributed by atoms with Crippen LogP contribution in [0.5, 0.6) is 5.75 Å². The molecule has 132 valence electrons. The molecule has 0 saturated carbocycles. The molecular weight excluding hydrogens is 306 g/mol. The first-order chi connectivity index (χ1) is 11.3. The van der Waals surface area contributed by atoms with Gasteiger partial charge in [0.25, 0.3) is 5.91 Å². The van der Waals surface area contributed by atoms with Gasteiger partial charge in [-0.25, -0.2) is 4.79 Å². The van der Waals surface area contributed by atoms with Crippen molar-refractivity contribution in [2.45, 2.75) is 45.2 Å². The predicted octanol–water partition coefficient (Wildman–Crippen LogP) is 2.40. The molecule has 1 fully saturated rings. The first kappa shape index (κ1) is 18.1. The van der Waals surface area contributed by atoms with Gasteiger partial charge in [-0.15, -0.1) is 0 Å². The summed E-state index contributed by atoms with van der Waals surface area (Å²) >= 11 is 0. The van der Waals surface area contributed by atoms with Crippen LogP contribution in [-0.2, 0) is 0 Å². The number of ether oxygens (including phenoxy) is 1. The fraction of sp³-hybridized carbons (Fsp3) is 0.556. The number of methoxy groups -OCH3 is 1. The Morgan fingerprint density at radius 3 is 2.21 bits per heavy atom. The number of nitrogens with zero attached hydrogens (tertiary/aromatic N) is 1. The number of amides is 3. The monoisotopic (exact) mass is 333 g/mol. The minimum atomic E-state index is -0.240. The number of hydrogen-bond donors (Lipinski definition) is 2. The Morgan fingerprint density at radius 1 is 1.12 bits per heavy atom. The zero-order valence-electron chi connectivity index (χ0n) is 14.9. The van der Waals surface area contributed by atoms with E-state index >= 15 is 0 Å². The molecular formula is C18H27N3O3. The molecule has 0 aromatic heterocycles. The first-order valence-electron chi connectivity index (χ1n) is 8.30. The summed E-state index contributed by atoms with van der Waals surface area (Å²) in [6.45, 7) is 7.19. The summed E-state index contributed by atoms with van der Waals surface area (Å²) < 4.78 is 5.09. The molecule has 6 nitrogen and oxygen atoms in total. The van der Waals surface area contributed by atoms with Crippen LogP contribution in [0, 0.1) is 0 Å². The second kappa shape index (κ2) is 7.55. The molecule has 3 amide bonds. The third-order valence-corrected chi connectivity index (χ3v) is 3.95. The highest BCUT2D eigenvalue weighted by Crippen LogP contribution is 2.14. The number of carbonyl (C=O) groups is 2. The number of benzene rings is 1. The van der Waals surface area contributed by atoms with Gasteiger partial charge in [-0.1, -0.05) is 0 Å². The van der Waals surface area contributed by atoms with E-state index in [9.17, 15) is 9.59 Å². The standard InChI is InChI=1S/C18H27N3O3/c1-18(2,3)20-17(23)21-11-9-14(10-12-21)19-16(22)13-5-7-15(24-4)8-6-13/h5-8,14H,9-12H2,1-4H3,(H,19,22)(H,20,23). The topological polar surface area (TPSA) is 70.7 Å². The summed E-state index contributed by atoms with van der Waals surface area (Å²) in [6.07, 6.45) is 1.53. The number of nitrogens with one attached hydrogen (secondary N) is 2. The van der Waals surface area contributed by atoms with Crippen LogP contribution in [-0.4, -0.2) is 48.6 Å². The van der Waals surface area contributed by atoms with E-state index in [0.29, 0.717) is 18.7 Å². The van der Waals surface area contributed by atoms with Gasteiger partial charge in [0.15, 0.2) is 0 Å². The molecule has 2 rings (SSSR count). The smallest absolute Gasteiger partial charge is 0.317 e. The van der Waals surface area contributed by atoms with Crippen LogP contribution in [0.25, 0.3) is 0 Å². The molecule has 1 aliphatic heterocycles. The van der Waals surface area contributed by atoms with Crippen molar-refractivity contribution in [2.24, 2.45) is 0 Å². The minimum absolute atomic E-state index is 0.0394. The van der Waals surface area contributed by atoms with Gasteiger partial charge in [0.2, 0.25) is 0 Å². The SMILES string of the molecule is COc1ccc(C(=O)NC2CCN(C(=O)NC(C)(C)C)CC2)cc1. The minimum Gasteiger partial charge on any atom is -0.497 e. The Hall–Kier alpha value is -2.24. The van der Waals surface area contributed by atoms with Crippen molar-refractivity contribution in [2.75, 3.05) is 20.2 Å². The fourth-order valence-corrected chi connectivity index (χ4v) is 2.64. The Labute approximate surface area is 143 Å². The van der Waals surface area contributed by atoms with Crippen LogP contribution in [0.1, 0.15) is 44.0 Å². The third kappa shape index (κ3) is 5.15. The van der Waals surface area contributed by atoms with Gasteiger partial charge in [-0.05, 0) is 57.9 Å². The molecule has 0 aliphatic carbocycles. The van der Waals surface area contributed by atoms with Crippen LogP contribution < -0.4 is 15.4 Å². The number of hydrogen-bond acceptors (Lipinski definition) is 3. The summed E-state index contributed by atoms with van der Waals surface area (Å²) in [6, 6.07) is 7.10. The summed E-state index contributed by atoms with van der Waals surface area (Å²) in [5.74, 6) is 0.639. The molecule has 0 unspecified atom stereocenters. The van der Waals surface area contributed by atoms with Crippen molar-refractivity contribution < 1.29 is 14.3 Å². The van der Waals surface area contributed by atoms with Crippen LogP contribution in [0.3, 0.4) is 0 Å². The number of urea groups is 1. The summed E-state index contributed by atoms with van der Waals surface area (Å²) in [7, 11) is 1.60. The van der Waals surface area contributed by atoms with Gasteiger partial charge in [0.05, 0.1) is 7.11 Å². The van der Waals surface area contributed by atoms with Crippen LogP contribution >= 0.6 is 0 Å². The lowest BCUT2D eigenvalue weighted by Crippen LogP contribution is -2.53. The van der Waals surface area contributed by atoms with Crippen molar-refractivity contribution in [3.05, 3.63) is 29.8 Å². The Kier molecular flexibility index (Phi) is 5.70. The van der Waals surface area contributed by atoms with Gasteiger partial charge >= 0.3 is 6.03 Å². The van der Waals surface area contributed by atoms with E-state index in [1.54, 1.807) is 36.3 Å². The van der Waals surface area contributed by atoms with Gasteiger partial charge < -0.3 is 20.3 Å². The number of carbonyl (C=O) groups excluding carboxylic acids is 2. The maximum Gasteiger partial charge on any atom is 0.317 e. The van der Waals surface area contributed by atoms with Crippen molar-refractivity contribution in [1.29, 1.82) is 0 Å². The van der Waals surface area contributed by atoms with E-state index in [-0.39, 0.29) is 23.5 Å². The molecule has 1 saturated heterocycles. The highest BCUT2D eigenvalue weighted by molar-refractivity contribution is 5.94. The van der Waals surface area contributed by atoms with E-state index in [2.05, 4.69) is 10.6 Å². The Morgan fingerprint density at radius 2 is 1.71 bits per heavy atom. The molecule has 1 heterocycles. The molecule has 0 spiro atoms. The highest BCUT2D eigenvalue weighted by atomic mass is 16.5. The van der Waals surface area contributed by atoms with E-state index < -0.39 is 0 Å². The average Bonchev–Trinajstić information content (AvgIpc) is 2.54. The predicted molar refractivity (Wildman–Crippen MR) is 93.3 cm³/mol. The summed E-state index contributed by atoms with van der Waals surface area (Å²) in [4.78, 5) is 26.2. The molecule has 0 bridgehead atoms. The molecule has 0 atom stereocenters. The van der Waals surface area contributed by atoms with Gasteiger partial charge in [0.1, 0.15) is 5.75 Å². The quantitative estimate of drug-likeness (QED) is 0.892. The van der Waals surface area contributed by atoms with Gasteiger partial charge in [-0.3, -0.25) is 4.79 Å². The van der Waals surface area contributed by atoms with Crippen LogP contribution in [0.2, 0.25) is 0 Å². The lowest BCUT2D eigenvalue weighted by molar-refractivity contribution is 0.0917. The maximum atomic E-state index is 12.3. The molecule has 6 heteroatoms. The van der Waals surface area contributed by atoms with Crippen molar-refractivity contribution in [3.8, 4) is 5.75 Å². The van der Waals surface area contributed by atoms with E-state index in [4.69, 9.17) is 4.74 Å². The molecule has 1 aliphatic rings. The lowest BCUT2D eigenvalue weighted by atomic mass is 10.0. The number of likely N-dealkylation sites (tertiary alicyclic amines) is 1. The molecule has 1 aromatic carbocycles. The second-order valence-corrected chi connectivity index (χ2v) is 7.14. The number of piperidine rings is 1. The second-order valence-electron chi connectivity index (χ2n) is 7.14. The van der Waals surface area contributed by atoms with E-state index in [1.165, 1.54) is 0 Å². The molecule has 0 radical (unpaired) electrons. The molecule has 24 heavy (non-hydrogen) atoms. The van der Waals surface area contributed by atoms with Crippen LogP contribution in [0.15, 0.2) is 24.3 Å². The highest BCUT2D eigenvalue weighted by Gasteiger charge is 2.26. The normalized spacial score (nSPS) is 15.8. The zero-order valence-corrected chi connectivity index (χ0v) is 14.9. The maximum absolute atomic E-state index is 12.3. The van der Waals surface area contributed by atoms with E-state index in [1.807, 2.05) is 20.8 Å². The molecule has 2 N–H and O–H groups in total. The summed E-state index contributed by atoms with van der Waals surface area (Å²) in [5.41, 5.74) is 0.375. The van der Waals surface area contributed by atoms with Crippen molar-refractivity contribution in [1.82, 2.24) is 15.5 Å². The van der Waals surface area contributed by atoms with Gasteiger partial charge in [-0.2, -0.15) is 0 Å². The van der Waals surface area contributed by atoms with Gasteiger partial charge in [0, 0.05) is 30.2 Å². The Balaban J connectivity index is 1.82. The number of rotatable bonds is 3. The van der Waals surface area contributed by atoms with E-state index in [0.717, 1.165) is 18.6 Å². The lowest BCUT2D eigenvalue weighted by Gasteiger charge is -2.34. The van der Waals surface area contributed by atoms with Crippen LogP contribution in [0.4, 0.5) is 4.79 Å². The van der Waals surface area contributed by atoms with Crippen molar-refractivity contribution in [3.63, 3.8) is 0 Å². The molecule has 1 aromatic rings. The summed E-state index contributed by atoms with van der Waals surface area (Å²) in [5, 5.41) is 6.01. The first-order valence-corrected chi connectivity index (χ1v) is 8.30.